The van der Waals surface area contributed by atoms with Gasteiger partial charge in [0.05, 0.1) is 17.6 Å². The Bertz CT molecular complexity index is 1440. The number of nitrogen functional groups attached to an aromatic ring is 1. The number of thiophene rings is 1. The molecule has 0 unspecified atom stereocenters. The number of nitrogens with two attached hydrogens (primary N) is 1. The average Bonchev–Trinajstić information content (AvgIpc) is 3.63. The topological polar surface area (TPSA) is 85.8 Å². The Morgan fingerprint density at radius 2 is 1.70 bits per heavy atom. The Morgan fingerprint density at radius 3 is 2.49 bits per heavy atom. The van der Waals surface area contributed by atoms with Crippen LogP contribution in [0, 0.1) is 0 Å². The largest absolute Gasteiger partial charge is 0.397 e. The lowest BCUT2D eigenvalue weighted by molar-refractivity contribution is 0.102. The number of carbonyl (C=O) groups excluding carboxylic acids is 1. The molecule has 0 aliphatic heterocycles. The molecule has 6 nitrogen and oxygen atoms in total. The molecule has 0 aliphatic rings. The zero-order chi connectivity index (χ0) is 25.5. The van der Waals surface area contributed by atoms with Crippen LogP contribution < -0.4 is 11.1 Å². The molecule has 5 rings (SSSR count). The van der Waals surface area contributed by atoms with Crippen LogP contribution >= 0.6 is 11.3 Å². The van der Waals surface area contributed by atoms with E-state index in [1.165, 1.54) is 12.0 Å². The Morgan fingerprint density at radius 1 is 0.892 bits per heavy atom. The van der Waals surface area contributed by atoms with Crippen molar-refractivity contribution < 1.29 is 4.79 Å². The molecule has 0 saturated carbocycles. The van der Waals surface area contributed by atoms with Crippen molar-refractivity contribution in [2.75, 3.05) is 11.1 Å². The first-order chi connectivity index (χ1) is 18.2. The molecule has 186 valence electrons. The Labute approximate surface area is 220 Å². The molecule has 1 amide bonds. The van der Waals surface area contributed by atoms with Crippen molar-refractivity contribution in [1.82, 2.24) is 15.0 Å². The Kier molecular flexibility index (Phi) is 7.72. The number of unbranched alkanes of at least 4 members (excludes halogenated alkanes) is 2. The second-order valence-corrected chi connectivity index (χ2v) is 9.92. The van der Waals surface area contributed by atoms with Crippen molar-refractivity contribution in [1.29, 1.82) is 0 Å². The molecule has 0 spiro atoms. The van der Waals surface area contributed by atoms with Crippen molar-refractivity contribution in [2.45, 2.75) is 32.2 Å². The van der Waals surface area contributed by atoms with Crippen LogP contribution in [0.25, 0.3) is 21.7 Å². The lowest BCUT2D eigenvalue weighted by atomic mass is 10.1. The van der Waals surface area contributed by atoms with E-state index in [1.54, 1.807) is 23.5 Å². The van der Waals surface area contributed by atoms with Crippen LogP contribution in [0.1, 0.15) is 35.2 Å². The molecule has 0 fully saturated rings. The number of benzene rings is 3. The first-order valence-electron chi connectivity index (χ1n) is 12.4. The Hall–Kier alpha value is -4.23. The minimum absolute atomic E-state index is 0.208. The second-order valence-electron chi connectivity index (χ2n) is 8.97. The van der Waals surface area contributed by atoms with Gasteiger partial charge < -0.3 is 11.1 Å². The van der Waals surface area contributed by atoms with Gasteiger partial charge in [-0.05, 0) is 66.1 Å². The number of nitrogens with one attached hydrogen (secondary N) is 1. The summed E-state index contributed by atoms with van der Waals surface area (Å²) in [7, 11) is 0. The molecule has 5 aromatic rings. The molecule has 0 atom stereocenters. The summed E-state index contributed by atoms with van der Waals surface area (Å²) in [5, 5.41) is 13.6. The van der Waals surface area contributed by atoms with Gasteiger partial charge in [-0.25, -0.2) is 0 Å². The molecule has 3 N–H and O–H groups in total. The molecular formula is C30H29N5OS. The van der Waals surface area contributed by atoms with Gasteiger partial charge in [-0.1, -0.05) is 66.2 Å². The molecule has 37 heavy (non-hydrogen) atoms. The highest BCUT2D eigenvalue weighted by atomic mass is 32.1. The highest BCUT2D eigenvalue weighted by Gasteiger charge is 2.11. The summed E-state index contributed by atoms with van der Waals surface area (Å²) in [5.41, 5.74) is 11.9. The van der Waals surface area contributed by atoms with Gasteiger partial charge in [0.15, 0.2) is 0 Å². The van der Waals surface area contributed by atoms with E-state index in [1.807, 2.05) is 58.7 Å². The number of hydrogen-bond donors (Lipinski definition) is 2. The number of aryl methyl sites for hydroxylation is 2. The summed E-state index contributed by atoms with van der Waals surface area (Å²) in [5.74, 6) is -0.208. The third kappa shape index (κ3) is 6.32. The number of anilines is 2. The van der Waals surface area contributed by atoms with Gasteiger partial charge in [-0.2, -0.15) is 0 Å². The van der Waals surface area contributed by atoms with Crippen molar-refractivity contribution in [2.24, 2.45) is 0 Å². The summed E-state index contributed by atoms with van der Waals surface area (Å²) in [4.78, 5) is 14.0. The van der Waals surface area contributed by atoms with E-state index in [0.717, 1.165) is 47.5 Å². The van der Waals surface area contributed by atoms with Crippen molar-refractivity contribution >= 4 is 28.6 Å². The van der Waals surface area contributed by atoms with Crippen LogP contribution in [0.2, 0.25) is 0 Å². The maximum Gasteiger partial charge on any atom is 0.255 e. The monoisotopic (exact) mass is 507 g/mol. The first kappa shape index (κ1) is 24.5. The van der Waals surface area contributed by atoms with Gasteiger partial charge in [0.1, 0.15) is 5.69 Å². The number of carbonyl (C=O) groups is 1. The molecule has 0 radical (unpaired) electrons. The minimum atomic E-state index is -0.208. The van der Waals surface area contributed by atoms with E-state index in [4.69, 9.17) is 5.73 Å². The van der Waals surface area contributed by atoms with E-state index in [0.29, 0.717) is 16.9 Å². The van der Waals surface area contributed by atoms with Gasteiger partial charge in [0.2, 0.25) is 0 Å². The van der Waals surface area contributed by atoms with E-state index < -0.39 is 0 Å². The molecule has 0 bridgehead atoms. The lowest BCUT2D eigenvalue weighted by Crippen LogP contribution is -2.13. The van der Waals surface area contributed by atoms with Gasteiger partial charge in [-0.3, -0.25) is 9.48 Å². The summed E-state index contributed by atoms with van der Waals surface area (Å²) in [6.07, 6.45) is 6.44. The molecule has 2 aromatic heterocycles. The molecule has 0 saturated heterocycles. The fourth-order valence-electron chi connectivity index (χ4n) is 4.21. The number of hydrogen-bond acceptors (Lipinski definition) is 5. The number of rotatable bonds is 10. The SMILES string of the molecule is Nc1ccc(-c2cccs2)cc1NC(=O)c1ccc(-c2cn(CCCCCc3ccccc3)nn2)cc1. The van der Waals surface area contributed by atoms with Crippen LogP contribution in [0.3, 0.4) is 0 Å². The third-order valence-corrected chi connectivity index (χ3v) is 7.20. The highest BCUT2D eigenvalue weighted by Crippen LogP contribution is 2.30. The van der Waals surface area contributed by atoms with E-state index in [-0.39, 0.29) is 5.91 Å². The molecule has 7 heteroatoms. The summed E-state index contributed by atoms with van der Waals surface area (Å²) >= 11 is 1.65. The fraction of sp³-hybridized carbons (Fsp3) is 0.167. The smallest absolute Gasteiger partial charge is 0.255 e. The number of nitrogens with zero attached hydrogens (tertiary/aromatic N) is 3. The predicted octanol–water partition coefficient (Wildman–Crippen LogP) is 6.92. The zero-order valence-corrected chi connectivity index (χ0v) is 21.3. The van der Waals surface area contributed by atoms with Crippen LogP contribution in [-0.4, -0.2) is 20.9 Å². The summed E-state index contributed by atoms with van der Waals surface area (Å²) in [6, 6.07) is 27.7. The quantitative estimate of drug-likeness (QED) is 0.159. The normalized spacial score (nSPS) is 10.9. The zero-order valence-electron chi connectivity index (χ0n) is 20.5. The molecule has 0 aliphatic carbocycles. The first-order valence-corrected chi connectivity index (χ1v) is 13.3. The standard InChI is InChI=1S/C30H29N5OS/c31-26-17-16-25(29-11-7-19-37-29)20-27(26)32-30(36)24-14-12-23(13-15-24)28-21-35(34-33-28)18-6-2-5-10-22-8-3-1-4-9-22/h1,3-4,7-9,11-17,19-21H,2,5-6,10,18,31H2,(H,32,36). The van der Waals surface area contributed by atoms with Crippen LogP contribution in [-0.2, 0) is 13.0 Å². The highest BCUT2D eigenvalue weighted by molar-refractivity contribution is 7.13. The maximum absolute atomic E-state index is 12.9. The molecular weight excluding hydrogens is 478 g/mol. The lowest BCUT2D eigenvalue weighted by Gasteiger charge is -2.10. The molecule has 2 heterocycles. The second kappa shape index (κ2) is 11.7. The maximum atomic E-state index is 12.9. The van der Waals surface area contributed by atoms with E-state index in [9.17, 15) is 4.79 Å². The van der Waals surface area contributed by atoms with Gasteiger partial charge >= 0.3 is 0 Å². The van der Waals surface area contributed by atoms with Crippen molar-refractivity contribution in [3.05, 3.63) is 108 Å². The fourth-order valence-corrected chi connectivity index (χ4v) is 4.94. The van der Waals surface area contributed by atoms with Crippen molar-refractivity contribution in [3.63, 3.8) is 0 Å². The van der Waals surface area contributed by atoms with Crippen LogP contribution in [0.4, 0.5) is 11.4 Å². The van der Waals surface area contributed by atoms with E-state index in [2.05, 4.69) is 46.0 Å². The Balaban J connectivity index is 1.15. The van der Waals surface area contributed by atoms with Gasteiger partial charge in [-0.15, -0.1) is 16.4 Å². The van der Waals surface area contributed by atoms with Gasteiger partial charge in [0, 0.05) is 22.5 Å². The summed E-state index contributed by atoms with van der Waals surface area (Å²) in [6.45, 7) is 0.842. The van der Waals surface area contributed by atoms with Gasteiger partial charge in [0.25, 0.3) is 5.91 Å². The van der Waals surface area contributed by atoms with Crippen LogP contribution in [0.5, 0.6) is 0 Å². The number of amides is 1. The minimum Gasteiger partial charge on any atom is -0.397 e. The number of aromatic nitrogens is 3. The van der Waals surface area contributed by atoms with Crippen molar-refractivity contribution in [3.8, 4) is 21.7 Å². The van der Waals surface area contributed by atoms with Crippen LogP contribution in [0.15, 0.2) is 96.5 Å². The predicted molar refractivity (Wildman–Crippen MR) is 152 cm³/mol. The average molecular weight is 508 g/mol. The molecule has 3 aromatic carbocycles. The third-order valence-electron chi connectivity index (χ3n) is 6.28. The summed E-state index contributed by atoms with van der Waals surface area (Å²) < 4.78 is 1.89. The van der Waals surface area contributed by atoms with E-state index >= 15 is 0 Å².